The molecule has 258 valence electrons. The molecule has 0 aromatic heterocycles. The van der Waals surface area contributed by atoms with Gasteiger partial charge in [0.15, 0.2) is 5.60 Å². The Bertz CT molecular complexity index is 1410. The molecule has 47 heavy (non-hydrogen) atoms. The second-order valence-corrected chi connectivity index (χ2v) is 14.0. The zero-order valence-electron chi connectivity index (χ0n) is 27.9. The molecule has 3 N–H and O–H groups in total. The molecule has 1 saturated carbocycles. The van der Waals surface area contributed by atoms with Gasteiger partial charge in [0, 0.05) is 30.5 Å². The molecule has 1 aliphatic carbocycles. The number of benzene rings is 1. The summed E-state index contributed by atoms with van der Waals surface area (Å²) in [5, 5.41) is 12.6. The molecule has 2 heterocycles. The molecule has 13 nitrogen and oxygen atoms in total. The van der Waals surface area contributed by atoms with Gasteiger partial charge in [-0.3, -0.25) is 19.2 Å². The van der Waals surface area contributed by atoms with E-state index < -0.39 is 58.7 Å². The fourth-order valence-corrected chi connectivity index (χ4v) is 6.58. The Morgan fingerprint density at radius 1 is 1.15 bits per heavy atom. The highest BCUT2D eigenvalue weighted by molar-refractivity contribution is 6.38. The van der Waals surface area contributed by atoms with Crippen LogP contribution in [0.15, 0.2) is 23.4 Å². The second-order valence-electron chi connectivity index (χ2n) is 13.6. The molecule has 0 unspecified atom stereocenters. The monoisotopic (exact) mass is 675 g/mol. The average Bonchev–Trinajstić information content (AvgIpc) is 3.79. The number of alkyl carbamates (subject to hydrolysis) is 1. The Balaban J connectivity index is 1.64. The van der Waals surface area contributed by atoms with Crippen LogP contribution in [0, 0.1) is 5.41 Å². The lowest BCUT2D eigenvalue weighted by atomic mass is 9.85. The van der Waals surface area contributed by atoms with Gasteiger partial charge in [-0.1, -0.05) is 50.9 Å². The van der Waals surface area contributed by atoms with E-state index in [0.29, 0.717) is 28.5 Å². The lowest BCUT2D eigenvalue weighted by Crippen LogP contribution is -2.59. The van der Waals surface area contributed by atoms with Gasteiger partial charge < -0.3 is 35.2 Å². The summed E-state index contributed by atoms with van der Waals surface area (Å²) < 4.78 is 11.1. The van der Waals surface area contributed by atoms with Crippen LogP contribution in [0.25, 0.3) is 0 Å². The second kappa shape index (κ2) is 14.9. The largest absolute Gasteiger partial charge is 0.496 e. The van der Waals surface area contributed by atoms with Gasteiger partial charge in [0.1, 0.15) is 23.9 Å². The van der Waals surface area contributed by atoms with Crippen LogP contribution in [0.4, 0.5) is 4.79 Å². The molecule has 1 saturated heterocycles. The molecule has 1 aromatic rings. The van der Waals surface area contributed by atoms with Crippen LogP contribution in [-0.2, 0) is 28.8 Å². The Hall–Kier alpha value is -3.87. The summed E-state index contributed by atoms with van der Waals surface area (Å²) in [6.07, 6.45) is 3.58. The first-order valence-electron chi connectivity index (χ1n) is 16.1. The van der Waals surface area contributed by atoms with Crippen LogP contribution in [-0.4, -0.2) is 90.7 Å². The predicted molar refractivity (Wildman–Crippen MR) is 174 cm³/mol. The van der Waals surface area contributed by atoms with E-state index in [0.717, 1.165) is 25.7 Å². The minimum absolute atomic E-state index is 0.0342. The van der Waals surface area contributed by atoms with Gasteiger partial charge in [-0.05, 0) is 55.7 Å². The normalized spacial score (nSPS) is 22.2. The van der Waals surface area contributed by atoms with E-state index in [-0.39, 0.29) is 31.9 Å². The number of carbonyl (C=O) groups excluding carboxylic acids is 5. The topological polar surface area (TPSA) is 165 Å². The third-order valence-corrected chi connectivity index (χ3v) is 9.14. The van der Waals surface area contributed by atoms with Crippen molar-refractivity contribution in [3.63, 3.8) is 0 Å². The molecule has 2 aliphatic heterocycles. The van der Waals surface area contributed by atoms with E-state index in [9.17, 15) is 24.0 Å². The van der Waals surface area contributed by atoms with Crippen LogP contribution in [0.2, 0.25) is 5.02 Å². The van der Waals surface area contributed by atoms with E-state index in [2.05, 4.69) is 21.1 Å². The van der Waals surface area contributed by atoms with Crippen molar-refractivity contribution in [2.24, 2.45) is 10.6 Å². The summed E-state index contributed by atoms with van der Waals surface area (Å²) in [5.74, 6) is -2.22. The summed E-state index contributed by atoms with van der Waals surface area (Å²) in [6.45, 7) is 7.23. The first kappa shape index (κ1) is 36.0. The number of Topliss-reactive ketones (excluding diaryl/α,β-unsaturated/α-hetero) is 1. The van der Waals surface area contributed by atoms with E-state index >= 15 is 0 Å². The number of amides is 4. The molecular formula is C33H46ClN5O8. The number of methoxy groups -OCH3 is 1. The van der Waals surface area contributed by atoms with Crippen LogP contribution < -0.4 is 20.7 Å². The summed E-state index contributed by atoms with van der Waals surface area (Å²) in [4.78, 5) is 73.9. The van der Waals surface area contributed by atoms with Crippen molar-refractivity contribution < 1.29 is 38.3 Å². The Kier molecular flexibility index (Phi) is 11.4. The number of ether oxygens (including phenoxy) is 2. The predicted octanol–water partition coefficient (Wildman–Crippen LogP) is 3.50. The highest BCUT2D eigenvalue weighted by Crippen LogP contribution is 2.41. The molecule has 4 atom stereocenters. The zero-order valence-corrected chi connectivity index (χ0v) is 28.7. The van der Waals surface area contributed by atoms with Crippen molar-refractivity contribution in [3.05, 3.63) is 28.8 Å². The number of ketones is 1. The molecule has 3 aliphatic rings. The Morgan fingerprint density at radius 2 is 1.85 bits per heavy atom. The molecule has 0 bridgehead atoms. The molecule has 4 rings (SSSR count). The number of hydrogen-bond acceptors (Lipinski definition) is 9. The number of rotatable bonds is 11. The van der Waals surface area contributed by atoms with Gasteiger partial charge in [-0.15, -0.1) is 0 Å². The first-order chi connectivity index (χ1) is 22.2. The molecule has 1 spiro atoms. The van der Waals surface area contributed by atoms with E-state index in [4.69, 9.17) is 25.9 Å². The average molecular weight is 676 g/mol. The molecule has 2 fully saturated rings. The number of nitrogens with one attached hydrogen (secondary N) is 3. The number of oxime groups is 1. The van der Waals surface area contributed by atoms with E-state index in [1.165, 1.54) is 19.1 Å². The third kappa shape index (κ3) is 8.35. The van der Waals surface area contributed by atoms with Crippen LogP contribution >= 0.6 is 11.6 Å². The molecule has 14 heteroatoms. The molecule has 1 aromatic carbocycles. The minimum atomic E-state index is -1.10. The van der Waals surface area contributed by atoms with Gasteiger partial charge in [0.2, 0.25) is 17.6 Å². The van der Waals surface area contributed by atoms with Crippen molar-refractivity contribution in [1.29, 1.82) is 0 Å². The van der Waals surface area contributed by atoms with Gasteiger partial charge in [-0.25, -0.2) is 4.79 Å². The number of carbonyl (C=O) groups is 5. The summed E-state index contributed by atoms with van der Waals surface area (Å²) in [5.41, 5.74) is -0.722. The number of halogens is 1. The molecule has 4 amide bonds. The maximum absolute atomic E-state index is 14.4. The van der Waals surface area contributed by atoms with Crippen molar-refractivity contribution in [1.82, 2.24) is 20.9 Å². The molecule has 0 radical (unpaired) electrons. The van der Waals surface area contributed by atoms with Gasteiger partial charge in [-0.2, -0.15) is 0 Å². The SMILES string of the molecule is CCC[C@H](NC(=O)[C@@H]1C[C@]2(CC(c3cc(Cl)ccc3OC)=NO2)CN1C(=O)[C@@H](NC(=O)OC1CCCC1)C(C)(C)C)C(=O)C(=O)NC. The Morgan fingerprint density at radius 3 is 2.47 bits per heavy atom. The quantitative estimate of drug-likeness (QED) is 0.300. The van der Waals surface area contributed by atoms with E-state index in [1.807, 2.05) is 27.7 Å². The fraction of sp³-hybridized carbons (Fsp3) is 0.636. The minimum Gasteiger partial charge on any atom is -0.496 e. The number of hydrogen-bond donors (Lipinski definition) is 3. The van der Waals surface area contributed by atoms with Crippen molar-refractivity contribution in [2.75, 3.05) is 20.7 Å². The van der Waals surface area contributed by atoms with Crippen molar-refractivity contribution in [3.8, 4) is 5.75 Å². The number of likely N-dealkylation sites (N-methyl/N-ethyl adjacent to an activating group) is 1. The highest BCUT2D eigenvalue weighted by Gasteiger charge is 2.56. The maximum Gasteiger partial charge on any atom is 0.408 e. The van der Waals surface area contributed by atoms with Gasteiger partial charge >= 0.3 is 6.09 Å². The van der Waals surface area contributed by atoms with Crippen LogP contribution in [0.1, 0.15) is 84.6 Å². The smallest absolute Gasteiger partial charge is 0.408 e. The van der Waals surface area contributed by atoms with Crippen molar-refractivity contribution >= 4 is 46.9 Å². The standard InChI is InChI=1S/C33H46ClN5O8/c1-7-10-22(26(40)29(42)35-5)36-28(41)24-17-33(16-23(38-47-33)21-15-19(34)13-14-25(21)45-6)18-39(24)30(43)27(32(2,3)4)37-31(44)46-20-11-8-9-12-20/h13-15,20,22,24,27H,7-12,16-18H2,1-6H3,(H,35,42)(H,36,41)(H,37,44)/t22-,24-,27+,33+/m0/s1. The highest BCUT2D eigenvalue weighted by atomic mass is 35.5. The number of nitrogens with zero attached hydrogens (tertiary/aromatic N) is 2. The zero-order chi connectivity index (χ0) is 34.5. The summed E-state index contributed by atoms with van der Waals surface area (Å²) in [6, 6.07) is 1.86. The van der Waals surface area contributed by atoms with Gasteiger partial charge in [0.05, 0.1) is 25.4 Å². The maximum atomic E-state index is 14.4. The summed E-state index contributed by atoms with van der Waals surface area (Å²) in [7, 11) is 2.87. The van der Waals surface area contributed by atoms with Crippen LogP contribution in [0.5, 0.6) is 5.75 Å². The lowest BCUT2D eigenvalue weighted by Gasteiger charge is -2.35. The van der Waals surface area contributed by atoms with E-state index in [1.54, 1.807) is 18.2 Å². The lowest BCUT2D eigenvalue weighted by molar-refractivity contribution is -0.144. The Labute approximate surface area is 280 Å². The summed E-state index contributed by atoms with van der Waals surface area (Å²) >= 11 is 6.28. The first-order valence-corrected chi connectivity index (χ1v) is 16.5. The molecular weight excluding hydrogens is 630 g/mol. The third-order valence-electron chi connectivity index (χ3n) is 8.91. The van der Waals surface area contributed by atoms with Gasteiger partial charge in [0.25, 0.3) is 5.91 Å². The number of likely N-dealkylation sites (tertiary alicyclic amines) is 1. The fourth-order valence-electron chi connectivity index (χ4n) is 6.41. The van der Waals surface area contributed by atoms with Crippen molar-refractivity contribution in [2.45, 2.75) is 109 Å². The van der Waals surface area contributed by atoms with Crippen LogP contribution in [0.3, 0.4) is 0 Å².